The zero-order valence-corrected chi connectivity index (χ0v) is 13.3. The van der Waals surface area contributed by atoms with Crippen LogP contribution < -0.4 is 5.73 Å². The Balaban J connectivity index is 0.00000288. The number of nitrogen functional groups attached to an aromatic ring is 1. The fourth-order valence-corrected chi connectivity index (χ4v) is 3.35. The molecule has 0 aromatic heterocycles. The molecular weight excluding hydrogens is 388 g/mol. The van der Waals surface area contributed by atoms with Gasteiger partial charge in [0.15, 0.2) is 0 Å². The van der Waals surface area contributed by atoms with Gasteiger partial charge in [-0.25, -0.2) is 0 Å². The minimum atomic E-state index is -4.50. The second kappa shape index (κ2) is 9.65. The molecule has 11 heteroatoms. The van der Waals surface area contributed by atoms with Gasteiger partial charge in [-0.15, -0.1) is 0 Å². The third-order valence-corrected chi connectivity index (χ3v) is 4.79. The van der Waals surface area contributed by atoms with Gasteiger partial charge in [-0.3, -0.25) is 9.11 Å². The predicted octanol–water partition coefficient (Wildman–Crippen LogP) is 0.636. The van der Waals surface area contributed by atoms with Gasteiger partial charge >= 0.3 is 59.1 Å². The molecule has 126 valence electrons. The van der Waals surface area contributed by atoms with Crippen LogP contribution in [0.3, 0.4) is 0 Å². The van der Waals surface area contributed by atoms with Crippen molar-refractivity contribution in [2.75, 3.05) is 5.73 Å². The molecule has 0 aliphatic rings. The SMILES string of the molecule is Nc1ccc(/C=C/c2ccccc2S(=O)(=O)O)c(S(=O)(=O)O)c1.[NaH].[NaH]. The summed E-state index contributed by atoms with van der Waals surface area (Å²) in [7, 11) is -8.92. The van der Waals surface area contributed by atoms with Crippen LogP contribution in [0, 0.1) is 0 Å². The Hall–Kier alpha value is -0.200. The molecule has 0 aliphatic heterocycles. The van der Waals surface area contributed by atoms with Gasteiger partial charge < -0.3 is 5.73 Å². The summed E-state index contributed by atoms with van der Waals surface area (Å²) in [6, 6.07) is 9.53. The fraction of sp³-hybridized carbons (Fsp3) is 0. The van der Waals surface area contributed by atoms with Gasteiger partial charge in [-0.2, -0.15) is 16.8 Å². The van der Waals surface area contributed by atoms with E-state index < -0.39 is 25.1 Å². The molecule has 0 amide bonds. The summed E-state index contributed by atoms with van der Waals surface area (Å²) in [6.45, 7) is 0. The van der Waals surface area contributed by atoms with Gasteiger partial charge in [0.2, 0.25) is 0 Å². The summed E-state index contributed by atoms with van der Waals surface area (Å²) in [5, 5.41) is 0. The third kappa shape index (κ3) is 6.79. The van der Waals surface area contributed by atoms with Crippen LogP contribution in [0.1, 0.15) is 11.1 Å². The Bertz CT molecular complexity index is 988. The Labute approximate surface area is 190 Å². The van der Waals surface area contributed by atoms with E-state index in [9.17, 15) is 25.9 Å². The van der Waals surface area contributed by atoms with Gasteiger partial charge in [-0.05, 0) is 29.3 Å². The van der Waals surface area contributed by atoms with Gasteiger partial charge in [0.1, 0.15) is 9.79 Å². The second-order valence-corrected chi connectivity index (χ2v) is 7.40. The maximum atomic E-state index is 11.4. The number of anilines is 1. The molecule has 0 radical (unpaired) electrons. The van der Waals surface area contributed by atoms with Crippen molar-refractivity contribution in [1.82, 2.24) is 0 Å². The van der Waals surface area contributed by atoms with Crippen LogP contribution in [0.2, 0.25) is 0 Å². The summed E-state index contributed by atoms with van der Waals surface area (Å²) >= 11 is 0. The summed E-state index contributed by atoms with van der Waals surface area (Å²) in [5.41, 5.74) is 5.92. The molecule has 0 saturated carbocycles. The minimum absolute atomic E-state index is 0. The van der Waals surface area contributed by atoms with Crippen molar-refractivity contribution < 1.29 is 25.9 Å². The van der Waals surface area contributed by atoms with E-state index in [4.69, 9.17) is 5.73 Å². The fourth-order valence-electron chi connectivity index (χ4n) is 1.94. The first-order valence-electron chi connectivity index (χ1n) is 6.20. The molecule has 2 aromatic rings. The first kappa shape index (κ1) is 24.8. The van der Waals surface area contributed by atoms with Crippen molar-refractivity contribution in [1.29, 1.82) is 0 Å². The van der Waals surface area contributed by atoms with Gasteiger partial charge in [-0.1, -0.05) is 36.4 Å². The molecule has 0 fully saturated rings. The Morgan fingerprint density at radius 3 is 1.76 bits per heavy atom. The monoisotopic (exact) mass is 403 g/mol. The first-order chi connectivity index (χ1) is 10.6. The third-order valence-electron chi connectivity index (χ3n) is 2.95. The quantitative estimate of drug-likeness (QED) is 0.295. The molecule has 0 bridgehead atoms. The molecule has 0 unspecified atom stereocenters. The zero-order valence-electron chi connectivity index (χ0n) is 11.6. The van der Waals surface area contributed by atoms with E-state index in [0.29, 0.717) is 0 Å². The van der Waals surface area contributed by atoms with E-state index in [1.165, 1.54) is 42.5 Å². The number of hydrogen-bond donors (Lipinski definition) is 3. The van der Waals surface area contributed by atoms with Gasteiger partial charge in [0.25, 0.3) is 20.2 Å². The van der Waals surface area contributed by atoms with Crippen molar-refractivity contribution in [2.45, 2.75) is 9.79 Å². The van der Waals surface area contributed by atoms with E-state index in [0.717, 1.165) is 6.07 Å². The maximum absolute atomic E-state index is 11.4. The molecule has 2 aromatic carbocycles. The van der Waals surface area contributed by atoms with Crippen molar-refractivity contribution in [3.05, 3.63) is 53.6 Å². The molecule has 0 atom stereocenters. The average Bonchev–Trinajstić information content (AvgIpc) is 2.44. The van der Waals surface area contributed by atoms with E-state index in [2.05, 4.69) is 0 Å². The number of nitrogens with two attached hydrogens (primary N) is 1. The summed E-state index contributed by atoms with van der Waals surface area (Å²) < 4.78 is 63.8. The van der Waals surface area contributed by atoms with Gasteiger partial charge in [0.05, 0.1) is 0 Å². The molecule has 4 N–H and O–H groups in total. The number of hydrogen-bond acceptors (Lipinski definition) is 5. The summed E-state index contributed by atoms with van der Waals surface area (Å²) in [5.74, 6) is 0. The van der Waals surface area contributed by atoms with Crippen LogP contribution >= 0.6 is 0 Å². The van der Waals surface area contributed by atoms with Crippen LogP contribution in [-0.2, 0) is 20.2 Å². The van der Waals surface area contributed by atoms with Crippen LogP contribution in [-0.4, -0.2) is 85.1 Å². The van der Waals surface area contributed by atoms with Crippen molar-refractivity contribution in [2.24, 2.45) is 0 Å². The number of benzene rings is 2. The molecule has 7 nitrogen and oxygen atoms in total. The number of rotatable bonds is 4. The Morgan fingerprint density at radius 1 is 0.760 bits per heavy atom. The van der Waals surface area contributed by atoms with Crippen LogP contribution in [0.25, 0.3) is 12.2 Å². The normalized spacial score (nSPS) is 11.6. The van der Waals surface area contributed by atoms with E-state index in [1.54, 1.807) is 6.07 Å². The molecule has 0 spiro atoms. The second-order valence-electron chi connectivity index (χ2n) is 4.62. The van der Waals surface area contributed by atoms with Crippen LogP contribution in [0.15, 0.2) is 52.3 Å². The van der Waals surface area contributed by atoms with Crippen molar-refractivity contribution >= 4 is 97.2 Å². The predicted molar refractivity (Wildman–Crippen MR) is 100 cm³/mol. The molecule has 0 saturated heterocycles. The Kier molecular flexibility index (Phi) is 9.58. The average molecular weight is 403 g/mol. The summed E-state index contributed by atoms with van der Waals surface area (Å²) in [4.78, 5) is -0.724. The first-order valence-corrected chi connectivity index (χ1v) is 9.08. The van der Waals surface area contributed by atoms with Crippen molar-refractivity contribution in [3.63, 3.8) is 0 Å². The molecule has 0 aliphatic carbocycles. The Morgan fingerprint density at radius 2 is 1.24 bits per heavy atom. The zero-order chi connectivity index (χ0) is 17.3. The van der Waals surface area contributed by atoms with E-state index in [-0.39, 0.29) is 80.8 Å². The van der Waals surface area contributed by atoms with Crippen molar-refractivity contribution in [3.8, 4) is 0 Å². The molecule has 25 heavy (non-hydrogen) atoms. The molecule has 2 rings (SSSR count). The topological polar surface area (TPSA) is 135 Å². The molecule has 0 heterocycles. The van der Waals surface area contributed by atoms with Gasteiger partial charge in [0, 0.05) is 5.69 Å². The van der Waals surface area contributed by atoms with Crippen LogP contribution in [0.4, 0.5) is 5.69 Å². The van der Waals surface area contributed by atoms with Crippen LogP contribution in [0.5, 0.6) is 0 Å². The van der Waals surface area contributed by atoms with E-state index in [1.807, 2.05) is 0 Å². The standard InChI is InChI=1S/C14H13NO6S2.2Na.2H/c15-12-8-7-11(14(9-12)23(19,20)21)6-5-10-3-1-2-4-13(10)22(16,17)18;;;;/h1-9H,15H2,(H,16,17,18)(H,19,20,21);;;;/b6-5+;;;;. The molecular formula is C14H15NNa2O6S2. The summed E-state index contributed by atoms with van der Waals surface area (Å²) in [6.07, 6.45) is 2.61. The van der Waals surface area contributed by atoms with E-state index >= 15 is 0 Å².